The van der Waals surface area contributed by atoms with Crippen molar-refractivity contribution in [1.29, 1.82) is 0 Å². The van der Waals surface area contributed by atoms with Crippen molar-refractivity contribution in [3.8, 4) is 11.1 Å². The highest BCUT2D eigenvalue weighted by Gasteiger charge is 2.46. The quantitative estimate of drug-likeness (QED) is 0.649. The van der Waals surface area contributed by atoms with Crippen LogP contribution >= 0.6 is 0 Å². The lowest BCUT2D eigenvalue weighted by molar-refractivity contribution is 0.109. The summed E-state index contributed by atoms with van der Waals surface area (Å²) in [5, 5.41) is 0.193. The minimum atomic E-state index is -1.85. The summed E-state index contributed by atoms with van der Waals surface area (Å²) < 4.78 is 12.4. The first-order valence-electron chi connectivity index (χ1n) is 9.05. The summed E-state index contributed by atoms with van der Waals surface area (Å²) in [6.07, 6.45) is 0. The van der Waals surface area contributed by atoms with Crippen LogP contribution in [0.4, 0.5) is 0 Å². The van der Waals surface area contributed by atoms with Gasteiger partial charge in [0.2, 0.25) is 0 Å². The number of hydrogen-bond acceptors (Lipinski definition) is 2. The zero-order chi connectivity index (χ0) is 18.3. The van der Waals surface area contributed by atoms with E-state index in [1.54, 1.807) is 7.11 Å². The molecule has 25 heavy (non-hydrogen) atoms. The molecule has 1 aliphatic carbocycles. The maximum absolute atomic E-state index is 6.71. The van der Waals surface area contributed by atoms with Crippen LogP contribution in [-0.2, 0) is 14.6 Å². The van der Waals surface area contributed by atoms with Crippen molar-refractivity contribution >= 4 is 8.32 Å². The van der Waals surface area contributed by atoms with Gasteiger partial charge in [0.1, 0.15) is 0 Å². The molecule has 0 radical (unpaired) electrons. The normalized spacial score (nSPS) is 15.8. The molecule has 0 unspecified atom stereocenters. The number of methoxy groups -OCH3 is 1. The number of fused-ring (bicyclic) bond motifs is 3. The van der Waals surface area contributed by atoms with Gasteiger partial charge in [-0.3, -0.25) is 0 Å². The van der Waals surface area contributed by atoms with E-state index >= 15 is 0 Å². The molecule has 3 heteroatoms. The average molecular weight is 355 g/mol. The second-order valence-corrected chi connectivity index (χ2v) is 13.5. The second kappa shape index (κ2) is 6.38. The largest absolute Gasteiger partial charge is 0.415 e. The molecule has 0 bridgehead atoms. The maximum Gasteiger partial charge on any atom is 0.192 e. The lowest BCUT2D eigenvalue weighted by atomic mass is 9.80. The van der Waals surface area contributed by atoms with E-state index < -0.39 is 8.32 Å². The van der Waals surface area contributed by atoms with Crippen molar-refractivity contribution in [2.24, 2.45) is 0 Å². The van der Waals surface area contributed by atoms with Crippen LogP contribution in [0.5, 0.6) is 0 Å². The van der Waals surface area contributed by atoms with Crippen LogP contribution in [-0.4, -0.2) is 28.6 Å². The Morgan fingerprint density at radius 2 is 1.32 bits per heavy atom. The lowest BCUT2D eigenvalue weighted by Crippen LogP contribution is -2.46. The zero-order valence-electron chi connectivity index (χ0n) is 16.3. The van der Waals surface area contributed by atoms with E-state index in [1.165, 1.54) is 22.3 Å². The Labute approximate surface area is 153 Å². The third-order valence-electron chi connectivity index (χ3n) is 6.05. The molecule has 0 aromatic heterocycles. The first kappa shape index (κ1) is 18.4. The number of hydrogen-bond donors (Lipinski definition) is 0. The van der Waals surface area contributed by atoms with Gasteiger partial charge in [0, 0.05) is 13.7 Å². The molecule has 0 atom stereocenters. The van der Waals surface area contributed by atoms with E-state index in [0.29, 0.717) is 13.2 Å². The van der Waals surface area contributed by atoms with Crippen LogP contribution in [0.15, 0.2) is 48.5 Å². The Bertz CT molecular complexity index is 713. The Morgan fingerprint density at radius 1 is 0.840 bits per heavy atom. The van der Waals surface area contributed by atoms with Gasteiger partial charge in [0.05, 0.1) is 12.0 Å². The molecule has 0 spiro atoms. The fourth-order valence-corrected chi connectivity index (χ4v) is 4.58. The van der Waals surface area contributed by atoms with Crippen LogP contribution in [0, 0.1) is 0 Å². The van der Waals surface area contributed by atoms with Gasteiger partial charge < -0.3 is 9.16 Å². The van der Waals surface area contributed by atoms with Gasteiger partial charge >= 0.3 is 0 Å². The van der Waals surface area contributed by atoms with Crippen LogP contribution in [0.25, 0.3) is 11.1 Å². The summed E-state index contributed by atoms with van der Waals surface area (Å²) in [6, 6.07) is 17.4. The van der Waals surface area contributed by atoms with Crippen molar-refractivity contribution in [3.05, 3.63) is 59.7 Å². The van der Waals surface area contributed by atoms with Gasteiger partial charge in [-0.15, -0.1) is 0 Å². The molecule has 2 aromatic rings. The van der Waals surface area contributed by atoms with Crippen molar-refractivity contribution in [2.75, 3.05) is 20.3 Å². The first-order valence-corrected chi connectivity index (χ1v) is 12.0. The van der Waals surface area contributed by atoms with E-state index in [-0.39, 0.29) is 10.5 Å². The molecule has 0 fully saturated rings. The van der Waals surface area contributed by atoms with Crippen LogP contribution in [0.1, 0.15) is 31.9 Å². The summed E-state index contributed by atoms with van der Waals surface area (Å²) >= 11 is 0. The summed E-state index contributed by atoms with van der Waals surface area (Å²) in [4.78, 5) is 0. The summed E-state index contributed by atoms with van der Waals surface area (Å²) in [7, 11) is -0.0572. The number of rotatable bonds is 5. The van der Waals surface area contributed by atoms with E-state index in [9.17, 15) is 0 Å². The highest BCUT2D eigenvalue weighted by atomic mass is 28.4. The van der Waals surface area contributed by atoms with Crippen molar-refractivity contribution in [2.45, 2.75) is 44.3 Å². The average Bonchev–Trinajstić information content (AvgIpc) is 2.84. The summed E-state index contributed by atoms with van der Waals surface area (Å²) in [5.41, 5.74) is 5.06. The van der Waals surface area contributed by atoms with Gasteiger partial charge in [0.15, 0.2) is 8.32 Å². The summed E-state index contributed by atoms with van der Waals surface area (Å²) in [5.74, 6) is 0. The molecule has 0 heterocycles. The first-order chi connectivity index (χ1) is 11.7. The van der Waals surface area contributed by atoms with E-state index in [4.69, 9.17) is 9.16 Å². The standard InChI is InChI=1S/C22H30O2Si/c1-21(2,3)25(5,6)24-16-22(15-23-4)19-13-9-7-11-17(19)18-12-8-10-14-20(18)22/h7-14H,15-16H2,1-6H3. The molecule has 0 saturated carbocycles. The number of benzene rings is 2. The van der Waals surface area contributed by atoms with Crippen molar-refractivity contribution in [3.63, 3.8) is 0 Å². The van der Waals surface area contributed by atoms with Gasteiger partial charge in [0.25, 0.3) is 0 Å². The third kappa shape index (κ3) is 2.99. The van der Waals surface area contributed by atoms with Gasteiger partial charge in [-0.1, -0.05) is 69.3 Å². The molecule has 0 amide bonds. The van der Waals surface area contributed by atoms with Crippen molar-refractivity contribution in [1.82, 2.24) is 0 Å². The minimum Gasteiger partial charge on any atom is -0.415 e. The molecule has 2 nitrogen and oxygen atoms in total. The Morgan fingerprint density at radius 3 is 1.76 bits per heavy atom. The fourth-order valence-electron chi connectivity index (χ4n) is 3.53. The van der Waals surface area contributed by atoms with Gasteiger partial charge in [-0.2, -0.15) is 0 Å². The highest BCUT2D eigenvalue weighted by Crippen LogP contribution is 2.50. The SMILES string of the molecule is COCC1(CO[Si](C)(C)C(C)(C)C)c2ccccc2-c2ccccc21. The van der Waals surface area contributed by atoms with E-state index in [1.807, 2.05) is 0 Å². The Hall–Kier alpha value is -1.42. The minimum absolute atomic E-state index is 0.193. The Balaban J connectivity index is 2.09. The van der Waals surface area contributed by atoms with E-state index in [0.717, 1.165) is 0 Å². The molecule has 1 aliphatic rings. The predicted octanol–water partition coefficient (Wildman–Crippen LogP) is 5.62. The van der Waals surface area contributed by atoms with Crippen molar-refractivity contribution < 1.29 is 9.16 Å². The lowest BCUT2D eigenvalue weighted by Gasteiger charge is -2.40. The highest BCUT2D eigenvalue weighted by molar-refractivity contribution is 6.74. The fraction of sp³-hybridized carbons (Fsp3) is 0.455. The van der Waals surface area contributed by atoms with Crippen LogP contribution < -0.4 is 0 Å². The second-order valence-electron chi connectivity index (χ2n) is 8.66. The van der Waals surface area contributed by atoms with Gasteiger partial charge in [-0.25, -0.2) is 0 Å². The third-order valence-corrected chi connectivity index (χ3v) is 10.5. The van der Waals surface area contributed by atoms with Crippen LogP contribution in [0.2, 0.25) is 18.1 Å². The molecule has 0 N–H and O–H groups in total. The topological polar surface area (TPSA) is 18.5 Å². The maximum atomic E-state index is 6.71. The smallest absolute Gasteiger partial charge is 0.192 e. The monoisotopic (exact) mass is 354 g/mol. The number of ether oxygens (including phenoxy) is 1. The molecule has 134 valence electrons. The summed E-state index contributed by atoms with van der Waals surface area (Å²) in [6.45, 7) is 12.8. The van der Waals surface area contributed by atoms with Gasteiger partial charge in [-0.05, 0) is 40.4 Å². The molecular formula is C22H30O2Si. The molecule has 0 aliphatic heterocycles. The molecule has 2 aromatic carbocycles. The Kier molecular flexibility index (Phi) is 4.69. The molecule has 3 rings (SSSR count). The molecule has 0 saturated heterocycles. The predicted molar refractivity (Wildman–Crippen MR) is 108 cm³/mol. The molecular weight excluding hydrogens is 324 g/mol. The zero-order valence-corrected chi connectivity index (χ0v) is 17.3. The van der Waals surface area contributed by atoms with E-state index in [2.05, 4.69) is 82.4 Å². The van der Waals surface area contributed by atoms with Crippen LogP contribution in [0.3, 0.4) is 0 Å².